The number of anilines is 1. The first-order valence-electron chi connectivity index (χ1n) is 14.3. The van der Waals surface area contributed by atoms with Gasteiger partial charge in [-0.1, -0.05) is 88.3 Å². The van der Waals surface area contributed by atoms with E-state index in [0.29, 0.717) is 0 Å². The number of nitrogens with one attached hydrogen (secondary N) is 1. The fourth-order valence-electron chi connectivity index (χ4n) is 5.41. The van der Waals surface area contributed by atoms with E-state index >= 15 is 0 Å². The standard InChI is InChI=1S/C31H46N4.ClH/c1-2-3-4-5-7-14-21-34-23-25-35(26-24-34)22-15-8-6-13-20-32-31-27-16-9-11-18-29(27)33-30-19-12-10-17-28(30)31;/h9-12,16-19H,2-8,13-15,20-26H2,1H3,(H,32,33);1H. The van der Waals surface area contributed by atoms with Crippen LogP contribution in [0.3, 0.4) is 0 Å². The molecule has 1 aliphatic heterocycles. The van der Waals surface area contributed by atoms with Crippen molar-refractivity contribution in [2.45, 2.75) is 71.1 Å². The number of rotatable bonds is 15. The Hall–Kier alpha value is -1.88. The average Bonchev–Trinajstić information content (AvgIpc) is 2.90. The lowest BCUT2D eigenvalue weighted by atomic mass is 10.1. The van der Waals surface area contributed by atoms with Gasteiger partial charge >= 0.3 is 0 Å². The van der Waals surface area contributed by atoms with Crippen molar-refractivity contribution in [1.82, 2.24) is 14.8 Å². The normalized spacial score (nSPS) is 14.8. The molecule has 3 aromatic rings. The lowest BCUT2D eigenvalue weighted by Crippen LogP contribution is -2.46. The van der Waals surface area contributed by atoms with Gasteiger partial charge in [-0.15, -0.1) is 12.4 Å². The smallest absolute Gasteiger partial charge is 0.0730 e. The van der Waals surface area contributed by atoms with Crippen LogP contribution in [-0.2, 0) is 0 Å². The highest BCUT2D eigenvalue weighted by atomic mass is 35.5. The molecule has 198 valence electrons. The number of aromatic nitrogens is 1. The minimum Gasteiger partial charge on any atom is -0.384 e. The van der Waals surface area contributed by atoms with Gasteiger partial charge in [0.05, 0.1) is 16.7 Å². The first-order valence-corrected chi connectivity index (χ1v) is 14.3. The van der Waals surface area contributed by atoms with E-state index in [4.69, 9.17) is 4.98 Å². The molecule has 2 heterocycles. The molecule has 0 unspecified atom stereocenters. The largest absolute Gasteiger partial charge is 0.384 e. The molecule has 0 spiro atoms. The van der Waals surface area contributed by atoms with Crippen molar-refractivity contribution in [3.05, 3.63) is 48.5 Å². The Morgan fingerprint density at radius 3 is 1.67 bits per heavy atom. The number of para-hydroxylation sites is 2. The van der Waals surface area contributed by atoms with Crippen LogP contribution in [0.25, 0.3) is 21.8 Å². The number of pyridine rings is 1. The van der Waals surface area contributed by atoms with Gasteiger partial charge in [-0.3, -0.25) is 0 Å². The predicted octanol–water partition coefficient (Wildman–Crippen LogP) is 7.76. The molecule has 2 aromatic carbocycles. The highest BCUT2D eigenvalue weighted by molar-refractivity contribution is 6.07. The Kier molecular flexibility index (Phi) is 12.8. The first-order chi connectivity index (χ1) is 17.3. The summed E-state index contributed by atoms with van der Waals surface area (Å²) in [6, 6.07) is 17.0. The van der Waals surface area contributed by atoms with Crippen molar-refractivity contribution >= 4 is 39.9 Å². The van der Waals surface area contributed by atoms with Crippen molar-refractivity contribution in [3.63, 3.8) is 0 Å². The Bertz CT molecular complexity index is 962. The van der Waals surface area contributed by atoms with Crippen molar-refractivity contribution in [3.8, 4) is 0 Å². The Morgan fingerprint density at radius 1 is 0.639 bits per heavy atom. The molecule has 1 N–H and O–H groups in total. The molecule has 0 amide bonds. The molecule has 1 aliphatic rings. The third-order valence-corrected chi connectivity index (χ3v) is 7.58. The summed E-state index contributed by atoms with van der Waals surface area (Å²) in [6.07, 6.45) is 13.6. The number of nitrogens with zero attached hydrogens (tertiary/aromatic N) is 3. The maximum absolute atomic E-state index is 4.84. The Balaban J connectivity index is 0.00000361. The number of hydrogen-bond donors (Lipinski definition) is 1. The van der Waals surface area contributed by atoms with E-state index in [-0.39, 0.29) is 12.4 Å². The summed E-state index contributed by atoms with van der Waals surface area (Å²) < 4.78 is 0. The minimum atomic E-state index is 0. The molecule has 1 saturated heterocycles. The quantitative estimate of drug-likeness (QED) is 0.167. The van der Waals surface area contributed by atoms with E-state index in [1.165, 1.54) is 120 Å². The summed E-state index contributed by atoms with van der Waals surface area (Å²) in [6.45, 7) is 11.0. The van der Waals surface area contributed by atoms with Crippen molar-refractivity contribution in [1.29, 1.82) is 0 Å². The molecular weight excluding hydrogens is 464 g/mol. The number of unbranched alkanes of at least 4 members (excludes halogenated alkanes) is 8. The zero-order valence-electron chi connectivity index (χ0n) is 22.4. The van der Waals surface area contributed by atoms with Crippen LogP contribution in [0.1, 0.15) is 71.1 Å². The van der Waals surface area contributed by atoms with Crippen LogP contribution in [0, 0.1) is 0 Å². The zero-order chi connectivity index (χ0) is 24.1. The van der Waals surface area contributed by atoms with Crippen molar-refractivity contribution < 1.29 is 0 Å². The number of piperazine rings is 1. The zero-order valence-corrected chi connectivity index (χ0v) is 23.2. The minimum absolute atomic E-state index is 0. The van der Waals surface area contributed by atoms with Crippen LogP contribution in [0.15, 0.2) is 48.5 Å². The van der Waals surface area contributed by atoms with E-state index in [9.17, 15) is 0 Å². The predicted molar refractivity (Wildman–Crippen MR) is 160 cm³/mol. The molecule has 1 fully saturated rings. The third-order valence-electron chi connectivity index (χ3n) is 7.58. The maximum Gasteiger partial charge on any atom is 0.0730 e. The van der Waals surface area contributed by atoms with Crippen LogP contribution in [0.4, 0.5) is 5.69 Å². The molecule has 5 heteroatoms. The molecule has 0 radical (unpaired) electrons. The van der Waals surface area contributed by atoms with E-state index in [1.54, 1.807) is 0 Å². The number of hydrogen-bond acceptors (Lipinski definition) is 4. The number of fused-ring (bicyclic) bond motifs is 2. The van der Waals surface area contributed by atoms with Gasteiger partial charge in [-0.25, -0.2) is 4.98 Å². The first kappa shape index (κ1) is 28.7. The average molecular weight is 511 g/mol. The summed E-state index contributed by atoms with van der Waals surface area (Å²) in [5.41, 5.74) is 3.38. The lowest BCUT2D eigenvalue weighted by molar-refractivity contribution is 0.129. The Morgan fingerprint density at radius 2 is 1.11 bits per heavy atom. The van der Waals surface area contributed by atoms with Crippen LogP contribution in [-0.4, -0.2) is 60.6 Å². The van der Waals surface area contributed by atoms with Crippen molar-refractivity contribution in [2.24, 2.45) is 0 Å². The van der Waals surface area contributed by atoms with E-state index in [1.807, 2.05) is 0 Å². The van der Waals surface area contributed by atoms with Crippen LogP contribution < -0.4 is 5.32 Å². The second-order valence-electron chi connectivity index (χ2n) is 10.3. The summed E-state index contributed by atoms with van der Waals surface area (Å²) in [5, 5.41) is 6.20. The second kappa shape index (κ2) is 16.1. The van der Waals surface area contributed by atoms with Crippen LogP contribution in [0.2, 0.25) is 0 Å². The Labute approximate surface area is 225 Å². The van der Waals surface area contributed by atoms with E-state index < -0.39 is 0 Å². The fraction of sp³-hybridized carbons (Fsp3) is 0.581. The molecule has 0 aliphatic carbocycles. The van der Waals surface area contributed by atoms with Gasteiger partial charge in [0.25, 0.3) is 0 Å². The monoisotopic (exact) mass is 510 g/mol. The molecule has 0 atom stereocenters. The molecule has 1 aromatic heterocycles. The summed E-state index contributed by atoms with van der Waals surface area (Å²) >= 11 is 0. The summed E-state index contributed by atoms with van der Waals surface area (Å²) in [5.74, 6) is 0. The lowest BCUT2D eigenvalue weighted by Gasteiger charge is -2.34. The van der Waals surface area contributed by atoms with Gasteiger partial charge in [-0.2, -0.15) is 0 Å². The molecule has 0 saturated carbocycles. The number of halogens is 1. The molecular formula is C31H47ClN4. The van der Waals surface area contributed by atoms with Gasteiger partial charge in [0.2, 0.25) is 0 Å². The van der Waals surface area contributed by atoms with Gasteiger partial charge < -0.3 is 15.1 Å². The topological polar surface area (TPSA) is 31.4 Å². The van der Waals surface area contributed by atoms with Gasteiger partial charge in [0, 0.05) is 43.5 Å². The summed E-state index contributed by atoms with van der Waals surface area (Å²) in [7, 11) is 0. The summed E-state index contributed by atoms with van der Waals surface area (Å²) in [4.78, 5) is 10.2. The molecule has 0 bridgehead atoms. The molecule has 36 heavy (non-hydrogen) atoms. The maximum atomic E-state index is 4.84. The number of benzene rings is 2. The molecule has 4 rings (SSSR count). The molecule has 4 nitrogen and oxygen atoms in total. The van der Waals surface area contributed by atoms with Crippen LogP contribution in [0.5, 0.6) is 0 Å². The SMILES string of the molecule is CCCCCCCCN1CCN(CCCCCCNc2c3ccccc3nc3ccccc23)CC1.Cl. The van der Waals surface area contributed by atoms with Gasteiger partial charge in [-0.05, 0) is 44.5 Å². The fourth-order valence-corrected chi connectivity index (χ4v) is 5.41. The van der Waals surface area contributed by atoms with Crippen LogP contribution >= 0.6 is 12.4 Å². The highest BCUT2D eigenvalue weighted by Crippen LogP contribution is 2.30. The van der Waals surface area contributed by atoms with Gasteiger partial charge in [0.1, 0.15) is 0 Å². The highest BCUT2D eigenvalue weighted by Gasteiger charge is 2.15. The van der Waals surface area contributed by atoms with E-state index in [2.05, 4.69) is 70.6 Å². The van der Waals surface area contributed by atoms with Crippen molar-refractivity contribution in [2.75, 3.05) is 51.1 Å². The van der Waals surface area contributed by atoms with Gasteiger partial charge in [0.15, 0.2) is 0 Å². The second-order valence-corrected chi connectivity index (χ2v) is 10.3. The third kappa shape index (κ3) is 8.61. The van der Waals surface area contributed by atoms with E-state index in [0.717, 1.165) is 17.6 Å².